The molecule has 0 radical (unpaired) electrons. The maximum absolute atomic E-state index is 12.5. The molecule has 158 valence electrons. The fourth-order valence-corrected chi connectivity index (χ4v) is 3.85. The van der Waals surface area contributed by atoms with E-state index in [4.69, 9.17) is 10.6 Å². The van der Waals surface area contributed by atoms with Gasteiger partial charge in [0, 0.05) is 5.69 Å². The fourth-order valence-electron chi connectivity index (χ4n) is 3.18. The number of aryl methyl sites for hydroxylation is 4. The number of amides is 1. The van der Waals surface area contributed by atoms with Crippen molar-refractivity contribution >= 4 is 23.4 Å². The Labute approximate surface area is 181 Å². The van der Waals surface area contributed by atoms with E-state index in [0.29, 0.717) is 11.0 Å². The standard InChI is InChI=1S/C22H27N5O2S/c1-5-17-11-7-8-14(2)20(17)24-19(28)13-30-22-26-25-18(27(22)23)12-29-21-15(3)9-6-10-16(21)4/h6-11H,5,12-13,23H2,1-4H3,(H,24,28). The molecule has 0 aliphatic heterocycles. The van der Waals surface area contributed by atoms with Gasteiger partial charge in [0.05, 0.1) is 5.75 Å². The van der Waals surface area contributed by atoms with E-state index in [0.717, 1.165) is 40.1 Å². The molecule has 1 heterocycles. The van der Waals surface area contributed by atoms with E-state index in [1.807, 2.05) is 57.2 Å². The Kier molecular flexibility index (Phi) is 6.99. The number of nitrogens with two attached hydrogens (primary N) is 1. The first-order valence-corrected chi connectivity index (χ1v) is 10.8. The van der Waals surface area contributed by atoms with Crippen LogP contribution >= 0.6 is 11.8 Å². The van der Waals surface area contributed by atoms with Gasteiger partial charge in [-0.2, -0.15) is 0 Å². The molecule has 0 aliphatic rings. The summed E-state index contributed by atoms with van der Waals surface area (Å²) in [7, 11) is 0. The molecule has 0 unspecified atom stereocenters. The van der Waals surface area contributed by atoms with E-state index in [-0.39, 0.29) is 18.3 Å². The van der Waals surface area contributed by atoms with Gasteiger partial charge in [-0.3, -0.25) is 4.79 Å². The third-order valence-corrected chi connectivity index (χ3v) is 5.77. The Morgan fingerprint density at radius 3 is 2.47 bits per heavy atom. The molecular formula is C22H27N5O2S. The highest BCUT2D eigenvalue weighted by atomic mass is 32.2. The van der Waals surface area contributed by atoms with Crippen LogP contribution in [-0.2, 0) is 17.8 Å². The molecule has 1 aromatic heterocycles. The number of anilines is 1. The number of nitrogens with zero attached hydrogens (tertiary/aromatic N) is 3. The molecule has 2 aromatic carbocycles. The fraction of sp³-hybridized carbons (Fsp3) is 0.318. The first-order chi connectivity index (χ1) is 14.4. The molecule has 0 saturated heterocycles. The van der Waals surface area contributed by atoms with Crippen LogP contribution in [0.1, 0.15) is 35.0 Å². The third kappa shape index (κ3) is 4.94. The van der Waals surface area contributed by atoms with Gasteiger partial charge < -0.3 is 15.9 Å². The number of ether oxygens (including phenoxy) is 1. The zero-order valence-corrected chi connectivity index (χ0v) is 18.5. The predicted octanol–water partition coefficient (Wildman–Crippen LogP) is 3.79. The summed E-state index contributed by atoms with van der Waals surface area (Å²) in [5.74, 6) is 7.50. The van der Waals surface area contributed by atoms with Crippen molar-refractivity contribution in [3.05, 3.63) is 64.5 Å². The van der Waals surface area contributed by atoms with Gasteiger partial charge in [-0.25, -0.2) is 4.68 Å². The Bertz CT molecular complexity index is 1030. The first kappa shape index (κ1) is 21.7. The number of nitrogen functional groups attached to an aromatic ring is 1. The summed E-state index contributed by atoms with van der Waals surface area (Å²) < 4.78 is 7.27. The van der Waals surface area contributed by atoms with E-state index in [9.17, 15) is 4.79 Å². The van der Waals surface area contributed by atoms with E-state index in [2.05, 4.69) is 22.4 Å². The number of para-hydroxylation sites is 2. The SMILES string of the molecule is CCc1cccc(C)c1NC(=O)CSc1nnc(COc2c(C)cccc2C)n1N. The van der Waals surface area contributed by atoms with Crippen LogP contribution in [0.3, 0.4) is 0 Å². The second-order valence-corrected chi connectivity index (χ2v) is 8.02. The van der Waals surface area contributed by atoms with Crippen LogP contribution in [0.4, 0.5) is 5.69 Å². The lowest BCUT2D eigenvalue weighted by atomic mass is 10.1. The summed E-state index contributed by atoms with van der Waals surface area (Å²) in [6, 6.07) is 12.0. The quantitative estimate of drug-likeness (QED) is 0.421. The van der Waals surface area contributed by atoms with Crippen molar-refractivity contribution in [2.75, 3.05) is 16.9 Å². The smallest absolute Gasteiger partial charge is 0.234 e. The number of hydrogen-bond donors (Lipinski definition) is 2. The van der Waals surface area contributed by atoms with Crippen molar-refractivity contribution in [3.8, 4) is 5.75 Å². The van der Waals surface area contributed by atoms with Crippen LogP contribution < -0.4 is 15.9 Å². The first-order valence-electron chi connectivity index (χ1n) is 9.80. The van der Waals surface area contributed by atoms with Crippen molar-refractivity contribution in [3.63, 3.8) is 0 Å². The highest BCUT2D eigenvalue weighted by Gasteiger charge is 2.15. The summed E-state index contributed by atoms with van der Waals surface area (Å²) >= 11 is 1.24. The van der Waals surface area contributed by atoms with Gasteiger partial charge in [-0.15, -0.1) is 10.2 Å². The zero-order chi connectivity index (χ0) is 21.7. The summed E-state index contributed by atoms with van der Waals surface area (Å²) in [6.45, 7) is 8.24. The lowest BCUT2D eigenvalue weighted by Crippen LogP contribution is -2.19. The van der Waals surface area contributed by atoms with Crippen molar-refractivity contribution in [1.29, 1.82) is 0 Å². The number of benzene rings is 2. The van der Waals surface area contributed by atoms with Crippen molar-refractivity contribution in [1.82, 2.24) is 14.9 Å². The van der Waals surface area contributed by atoms with Crippen molar-refractivity contribution < 1.29 is 9.53 Å². The van der Waals surface area contributed by atoms with Crippen LogP contribution in [-0.4, -0.2) is 26.5 Å². The summed E-state index contributed by atoms with van der Waals surface area (Å²) in [5.41, 5.74) is 5.13. The Balaban J connectivity index is 1.60. The second-order valence-electron chi connectivity index (χ2n) is 7.08. The van der Waals surface area contributed by atoms with E-state index >= 15 is 0 Å². The zero-order valence-electron chi connectivity index (χ0n) is 17.7. The number of thioether (sulfide) groups is 1. The molecule has 0 atom stereocenters. The van der Waals surface area contributed by atoms with Gasteiger partial charge in [0.2, 0.25) is 11.1 Å². The molecule has 3 aromatic rings. The monoisotopic (exact) mass is 425 g/mol. The molecule has 0 saturated carbocycles. The molecule has 0 aliphatic carbocycles. The van der Waals surface area contributed by atoms with E-state index < -0.39 is 0 Å². The lowest BCUT2D eigenvalue weighted by molar-refractivity contribution is -0.113. The Morgan fingerprint density at radius 2 is 1.77 bits per heavy atom. The minimum absolute atomic E-state index is 0.111. The largest absolute Gasteiger partial charge is 0.485 e. The van der Waals surface area contributed by atoms with Gasteiger partial charge in [-0.05, 0) is 49.4 Å². The molecule has 8 heteroatoms. The van der Waals surface area contributed by atoms with E-state index in [1.165, 1.54) is 16.4 Å². The minimum Gasteiger partial charge on any atom is -0.485 e. The molecular weight excluding hydrogens is 398 g/mol. The van der Waals surface area contributed by atoms with Gasteiger partial charge in [-0.1, -0.05) is 55.1 Å². The number of hydrogen-bond acceptors (Lipinski definition) is 6. The molecule has 3 rings (SSSR count). The molecule has 7 nitrogen and oxygen atoms in total. The number of nitrogens with one attached hydrogen (secondary N) is 1. The highest BCUT2D eigenvalue weighted by molar-refractivity contribution is 7.99. The second kappa shape index (κ2) is 9.67. The normalized spacial score (nSPS) is 10.8. The molecule has 30 heavy (non-hydrogen) atoms. The summed E-state index contributed by atoms with van der Waals surface area (Å²) in [5, 5.41) is 11.7. The van der Waals surface area contributed by atoms with Crippen molar-refractivity contribution in [2.45, 2.75) is 45.9 Å². The molecule has 0 bridgehead atoms. The van der Waals surface area contributed by atoms with E-state index in [1.54, 1.807) is 0 Å². The molecule has 0 fully saturated rings. The highest BCUT2D eigenvalue weighted by Crippen LogP contribution is 2.24. The third-order valence-electron chi connectivity index (χ3n) is 4.83. The molecule has 1 amide bonds. The number of aromatic nitrogens is 3. The van der Waals surface area contributed by atoms with Crippen LogP contribution in [0.25, 0.3) is 0 Å². The minimum atomic E-state index is -0.111. The average molecular weight is 426 g/mol. The number of carbonyl (C=O) groups excluding carboxylic acids is 1. The van der Waals surface area contributed by atoms with Gasteiger partial charge in [0.15, 0.2) is 5.82 Å². The van der Waals surface area contributed by atoms with Gasteiger partial charge >= 0.3 is 0 Å². The number of rotatable bonds is 8. The van der Waals surface area contributed by atoms with Gasteiger partial charge in [0.25, 0.3) is 0 Å². The maximum atomic E-state index is 12.5. The maximum Gasteiger partial charge on any atom is 0.234 e. The predicted molar refractivity (Wildman–Crippen MR) is 120 cm³/mol. The molecule has 3 N–H and O–H groups in total. The van der Waals surface area contributed by atoms with Crippen LogP contribution in [0, 0.1) is 20.8 Å². The van der Waals surface area contributed by atoms with Crippen LogP contribution in [0.2, 0.25) is 0 Å². The number of carbonyl (C=O) groups is 1. The summed E-state index contributed by atoms with van der Waals surface area (Å²) in [4.78, 5) is 12.5. The van der Waals surface area contributed by atoms with Crippen molar-refractivity contribution in [2.24, 2.45) is 0 Å². The van der Waals surface area contributed by atoms with Gasteiger partial charge in [0.1, 0.15) is 12.4 Å². The summed E-state index contributed by atoms with van der Waals surface area (Å²) in [6.07, 6.45) is 0.852. The molecule has 0 spiro atoms. The Morgan fingerprint density at radius 1 is 1.10 bits per heavy atom. The Hall–Kier alpha value is -3.00. The average Bonchev–Trinajstić information content (AvgIpc) is 3.07. The topological polar surface area (TPSA) is 95.1 Å². The van der Waals surface area contributed by atoms with Crippen LogP contribution in [0.15, 0.2) is 41.6 Å². The van der Waals surface area contributed by atoms with Crippen LogP contribution in [0.5, 0.6) is 5.75 Å². The lowest BCUT2D eigenvalue weighted by Gasteiger charge is -2.13.